The van der Waals surface area contributed by atoms with E-state index < -0.39 is 22.7 Å². The highest BCUT2D eigenvalue weighted by molar-refractivity contribution is 8.05. The Hall–Kier alpha value is -2.07. The van der Waals surface area contributed by atoms with Crippen molar-refractivity contribution < 1.29 is 33.8 Å². The largest absolute Gasteiger partial charge is 0.480 e. The van der Waals surface area contributed by atoms with Crippen molar-refractivity contribution in [3.05, 3.63) is 11.1 Å². The third-order valence-electron chi connectivity index (χ3n) is 5.36. The van der Waals surface area contributed by atoms with E-state index in [-0.39, 0.29) is 47.1 Å². The summed E-state index contributed by atoms with van der Waals surface area (Å²) in [6.07, 6.45) is 0. The van der Waals surface area contributed by atoms with Crippen LogP contribution in [0.3, 0.4) is 0 Å². The molecule has 3 fully saturated rings. The Labute approximate surface area is 201 Å². The third-order valence-corrected chi connectivity index (χ3v) is 9.39. The number of carbonyl (C=O) groups excluding carboxylic acids is 2. The van der Waals surface area contributed by atoms with Gasteiger partial charge < -0.3 is 35.4 Å². The summed E-state index contributed by atoms with van der Waals surface area (Å²) in [5, 5.41) is 17.8. The fourth-order valence-corrected chi connectivity index (χ4v) is 7.22. The van der Waals surface area contributed by atoms with Gasteiger partial charge >= 0.3 is 5.97 Å². The molecule has 0 bridgehead atoms. The minimum atomic E-state index is -1.13. The van der Waals surface area contributed by atoms with Crippen LogP contribution in [0.25, 0.3) is 0 Å². The van der Waals surface area contributed by atoms with Crippen molar-refractivity contribution in [1.82, 2.24) is 15.2 Å². The monoisotopic (exact) mass is 517 g/mol. The number of nitrogens with one attached hydrogen (secondary N) is 1. The zero-order valence-electron chi connectivity index (χ0n) is 17.6. The van der Waals surface area contributed by atoms with Crippen molar-refractivity contribution in [3.63, 3.8) is 0 Å². The molecule has 33 heavy (non-hydrogen) atoms. The number of nitrogens with zero attached hydrogens (tertiary/aromatic N) is 3. The van der Waals surface area contributed by atoms with Gasteiger partial charge in [0, 0.05) is 29.3 Å². The number of aliphatic carboxylic acids is 1. The first-order valence-electron chi connectivity index (χ1n) is 9.93. The summed E-state index contributed by atoms with van der Waals surface area (Å²) < 4.78 is 9.43. The van der Waals surface area contributed by atoms with E-state index in [9.17, 15) is 19.5 Å². The fourth-order valence-electron chi connectivity index (χ4n) is 3.64. The summed E-state index contributed by atoms with van der Waals surface area (Å²) in [5.41, 5.74) is 5.79. The molecule has 0 aromatic carbocycles. The van der Waals surface area contributed by atoms with Crippen LogP contribution >= 0.6 is 34.9 Å². The van der Waals surface area contributed by atoms with Crippen LogP contribution in [0.1, 0.15) is 5.69 Å². The van der Waals surface area contributed by atoms with Crippen LogP contribution in [-0.2, 0) is 28.7 Å². The number of hydrogen-bond donors (Lipinski definition) is 3. The van der Waals surface area contributed by atoms with Crippen LogP contribution in [0.5, 0.6) is 0 Å². The van der Waals surface area contributed by atoms with Gasteiger partial charge in [-0.25, -0.2) is 4.98 Å². The van der Waals surface area contributed by atoms with Crippen molar-refractivity contribution in [3.8, 4) is 0 Å². The smallest absolute Gasteiger partial charge is 0.322 e. The van der Waals surface area contributed by atoms with Gasteiger partial charge in [-0.05, 0) is 0 Å². The van der Waals surface area contributed by atoms with E-state index in [1.54, 1.807) is 5.38 Å². The number of nitrogen functional groups attached to an aromatic ring is 1. The number of carboxylic acids is 1. The molecule has 180 valence electrons. The summed E-state index contributed by atoms with van der Waals surface area (Å²) in [4.78, 5) is 48.1. The minimum Gasteiger partial charge on any atom is -0.480 e. The van der Waals surface area contributed by atoms with Gasteiger partial charge in [-0.3, -0.25) is 14.4 Å². The Kier molecular flexibility index (Phi) is 7.33. The minimum absolute atomic E-state index is 0.0615. The maximum Gasteiger partial charge on any atom is 0.322 e. The van der Waals surface area contributed by atoms with E-state index in [4.69, 9.17) is 20.0 Å². The van der Waals surface area contributed by atoms with Crippen LogP contribution < -0.4 is 11.1 Å². The second-order valence-corrected chi connectivity index (χ2v) is 11.0. The second-order valence-electron chi connectivity index (χ2n) is 7.65. The average molecular weight is 518 g/mol. The summed E-state index contributed by atoms with van der Waals surface area (Å²) in [5.74, 6) is -0.989. The quantitative estimate of drug-likeness (QED) is 0.234. The number of fused-ring (bicyclic) bond motifs is 1. The van der Waals surface area contributed by atoms with Crippen LogP contribution in [0.15, 0.2) is 10.5 Å². The van der Waals surface area contributed by atoms with Gasteiger partial charge in [0.25, 0.3) is 5.91 Å². The lowest BCUT2D eigenvalue weighted by Gasteiger charge is -2.53. The van der Waals surface area contributed by atoms with Crippen LogP contribution in [0.4, 0.5) is 5.13 Å². The van der Waals surface area contributed by atoms with Crippen molar-refractivity contribution >= 4 is 63.5 Å². The lowest BCUT2D eigenvalue weighted by molar-refractivity contribution is -0.151. The first kappa shape index (κ1) is 24.1. The summed E-state index contributed by atoms with van der Waals surface area (Å²) in [7, 11) is 1.30. The van der Waals surface area contributed by atoms with Crippen LogP contribution in [0.2, 0.25) is 0 Å². The molecule has 12 nitrogen and oxygen atoms in total. The Morgan fingerprint density at radius 1 is 1.48 bits per heavy atom. The molecule has 1 aromatic rings. The standard InChI is InChI=1S/C18H23N5O7S3/c1-28-22-11(10-5-31-17(19)20-10)13(24)21-12-14(25)23-6-18(16(26)27,7-32-15(12)23)33-4-9-2-29-8-30-3-9/h5,9,12,15H,2-4,6-8H2,1H3,(H2,19,20)(H,21,24)(H,26,27)/t12?,15-,18?/m1/s1. The number of hydrogen-bond acceptors (Lipinski definition) is 12. The molecular formula is C18H23N5O7S3. The number of thioether (sulfide) groups is 2. The van der Waals surface area contributed by atoms with E-state index in [1.165, 1.54) is 35.5 Å². The average Bonchev–Trinajstić information content (AvgIpc) is 3.25. The highest BCUT2D eigenvalue weighted by Gasteiger charge is 2.58. The van der Waals surface area contributed by atoms with Crippen molar-refractivity contribution in [2.24, 2.45) is 11.1 Å². The molecule has 2 amide bonds. The number of ether oxygens (including phenoxy) is 2. The maximum atomic E-state index is 12.8. The van der Waals surface area contributed by atoms with Crippen LogP contribution in [-0.4, -0.2) is 99.8 Å². The Balaban J connectivity index is 1.39. The highest BCUT2D eigenvalue weighted by atomic mass is 32.2. The number of nitrogens with two attached hydrogens (primary N) is 1. The topological polar surface area (TPSA) is 166 Å². The lowest BCUT2D eigenvalue weighted by atomic mass is 10.0. The summed E-state index contributed by atoms with van der Waals surface area (Å²) in [6, 6.07) is -0.794. The molecule has 0 spiro atoms. The number of amides is 2. The van der Waals surface area contributed by atoms with Crippen molar-refractivity contribution in [2.45, 2.75) is 16.2 Å². The third kappa shape index (κ3) is 4.91. The number of thiazole rings is 1. The molecule has 4 heterocycles. The van der Waals surface area contributed by atoms with Gasteiger partial charge in [-0.2, -0.15) is 0 Å². The molecule has 3 aliphatic rings. The number of carboxylic acid groups (broad SMARTS) is 1. The molecule has 1 aromatic heterocycles. The molecule has 0 saturated carbocycles. The van der Waals surface area contributed by atoms with Crippen molar-refractivity contribution in [2.75, 3.05) is 50.9 Å². The van der Waals surface area contributed by atoms with E-state index in [1.807, 2.05) is 0 Å². The highest BCUT2D eigenvalue weighted by Crippen LogP contribution is 2.44. The zero-order valence-corrected chi connectivity index (χ0v) is 20.0. The van der Waals surface area contributed by atoms with Gasteiger partial charge in [0.15, 0.2) is 10.8 Å². The normalized spacial score (nSPS) is 28.1. The molecule has 0 aliphatic carbocycles. The van der Waals surface area contributed by atoms with E-state index in [0.29, 0.717) is 24.7 Å². The molecule has 0 radical (unpaired) electrons. The lowest BCUT2D eigenvalue weighted by Crippen LogP contribution is -2.75. The molecular weight excluding hydrogens is 494 g/mol. The molecule has 3 aliphatic heterocycles. The van der Waals surface area contributed by atoms with E-state index in [2.05, 4.69) is 15.5 Å². The van der Waals surface area contributed by atoms with E-state index in [0.717, 1.165) is 11.3 Å². The number of rotatable bonds is 8. The molecule has 4 rings (SSSR count). The van der Waals surface area contributed by atoms with Crippen molar-refractivity contribution in [1.29, 1.82) is 0 Å². The first-order valence-corrected chi connectivity index (χ1v) is 12.8. The van der Waals surface area contributed by atoms with Crippen LogP contribution in [0, 0.1) is 5.92 Å². The van der Waals surface area contributed by atoms with Gasteiger partial charge in [0.2, 0.25) is 5.91 Å². The molecule has 3 atom stereocenters. The number of carbonyl (C=O) groups is 3. The molecule has 15 heteroatoms. The molecule has 3 saturated heterocycles. The Morgan fingerprint density at radius 3 is 2.88 bits per heavy atom. The number of aromatic nitrogens is 1. The number of anilines is 1. The maximum absolute atomic E-state index is 12.8. The first-order chi connectivity index (χ1) is 15.8. The molecule has 2 unspecified atom stereocenters. The van der Waals surface area contributed by atoms with Gasteiger partial charge in [0.05, 0.1) is 13.2 Å². The number of oxime groups is 1. The summed E-state index contributed by atoms with van der Waals surface area (Å²) in [6.45, 7) is 1.35. The number of β-lactam (4-membered cyclic amide) rings is 1. The van der Waals surface area contributed by atoms with E-state index >= 15 is 0 Å². The zero-order chi connectivity index (χ0) is 23.6. The predicted molar refractivity (Wildman–Crippen MR) is 123 cm³/mol. The SMILES string of the molecule is CON=C(C(=O)NC1C(=O)N2CC(SCC3COCOC3)(C(=O)O)CS[C@H]12)c1csc(N)n1. The van der Waals surface area contributed by atoms with Gasteiger partial charge in [0.1, 0.15) is 35.8 Å². The molecule has 4 N–H and O–H groups in total. The van der Waals surface area contributed by atoms with Gasteiger partial charge in [-0.15, -0.1) is 34.9 Å². The van der Waals surface area contributed by atoms with Gasteiger partial charge in [-0.1, -0.05) is 5.16 Å². The Morgan fingerprint density at radius 2 is 2.24 bits per heavy atom. The Bertz CT molecular complexity index is 954. The fraction of sp³-hybridized carbons (Fsp3) is 0.611. The second kappa shape index (κ2) is 10.0. The predicted octanol–water partition coefficient (Wildman–Crippen LogP) is -0.347. The summed E-state index contributed by atoms with van der Waals surface area (Å²) >= 11 is 3.79.